The quantitative estimate of drug-likeness (QED) is 0.646. The highest BCUT2D eigenvalue weighted by atomic mass is 32.1. The summed E-state index contributed by atoms with van der Waals surface area (Å²) < 4.78 is 1.24. The molecule has 1 unspecified atom stereocenters. The van der Waals surface area contributed by atoms with E-state index in [1.54, 1.807) is 11.3 Å². The van der Waals surface area contributed by atoms with Crippen LogP contribution in [0.25, 0.3) is 10.1 Å². The Labute approximate surface area is 120 Å². The first-order chi connectivity index (χ1) is 8.97. The van der Waals surface area contributed by atoms with Crippen LogP contribution in [0.4, 0.5) is 0 Å². The third kappa shape index (κ3) is 3.94. The first-order valence-electron chi connectivity index (χ1n) is 6.61. The molecule has 2 rings (SSSR count). The Balaban J connectivity index is 2.04. The highest BCUT2D eigenvalue weighted by Gasteiger charge is 2.12. The van der Waals surface area contributed by atoms with E-state index in [0.29, 0.717) is 0 Å². The molecular formula is C16H20OSSi. The van der Waals surface area contributed by atoms with E-state index >= 15 is 0 Å². The largest absolute Gasteiger partial charge is 0.388 e. The summed E-state index contributed by atoms with van der Waals surface area (Å²) >= 11 is 1.70. The molecule has 0 aliphatic heterocycles. The van der Waals surface area contributed by atoms with Gasteiger partial charge in [0, 0.05) is 11.1 Å². The molecule has 0 radical (unpaired) electrons. The second-order valence-corrected chi connectivity index (χ2v) is 11.5. The lowest BCUT2D eigenvalue weighted by atomic mass is 10.0. The number of aliphatic hydroxyl groups excluding tert-OH is 1. The third-order valence-electron chi connectivity index (χ3n) is 2.88. The third-order valence-corrected chi connectivity index (χ3v) is 4.78. The van der Waals surface area contributed by atoms with Gasteiger partial charge in [-0.1, -0.05) is 37.8 Å². The zero-order chi connectivity index (χ0) is 13.9. The molecule has 0 bridgehead atoms. The second kappa shape index (κ2) is 5.92. The van der Waals surface area contributed by atoms with E-state index in [2.05, 4.69) is 48.6 Å². The minimum absolute atomic E-state index is 0.396. The van der Waals surface area contributed by atoms with Gasteiger partial charge in [-0.05, 0) is 28.8 Å². The SMILES string of the molecule is C[Si](C)(C)C#CCCC(O)c1csc2ccccc12. The van der Waals surface area contributed by atoms with Crippen molar-refractivity contribution in [2.24, 2.45) is 0 Å². The summed E-state index contributed by atoms with van der Waals surface area (Å²) in [5.74, 6) is 3.22. The van der Waals surface area contributed by atoms with Crippen LogP contribution in [0.15, 0.2) is 29.6 Å². The van der Waals surface area contributed by atoms with E-state index in [9.17, 15) is 5.11 Å². The van der Waals surface area contributed by atoms with Crippen LogP contribution in [0.3, 0.4) is 0 Å². The van der Waals surface area contributed by atoms with E-state index in [1.807, 2.05) is 12.1 Å². The lowest BCUT2D eigenvalue weighted by Gasteiger charge is -2.08. The van der Waals surface area contributed by atoms with Gasteiger partial charge in [-0.25, -0.2) is 0 Å². The fraction of sp³-hybridized carbons (Fsp3) is 0.375. The van der Waals surface area contributed by atoms with Crippen LogP contribution >= 0.6 is 11.3 Å². The first kappa shape index (κ1) is 14.3. The Kier molecular flexibility index (Phi) is 4.46. The van der Waals surface area contributed by atoms with Gasteiger partial charge in [0.25, 0.3) is 0 Å². The van der Waals surface area contributed by atoms with E-state index in [0.717, 1.165) is 18.4 Å². The fourth-order valence-electron chi connectivity index (χ4n) is 1.95. The van der Waals surface area contributed by atoms with Crippen molar-refractivity contribution < 1.29 is 5.11 Å². The van der Waals surface area contributed by atoms with Gasteiger partial charge in [-0.2, -0.15) is 0 Å². The highest BCUT2D eigenvalue weighted by molar-refractivity contribution is 7.17. The van der Waals surface area contributed by atoms with Gasteiger partial charge in [-0.3, -0.25) is 0 Å². The number of aliphatic hydroxyl groups is 1. The molecule has 0 aliphatic rings. The van der Waals surface area contributed by atoms with E-state index < -0.39 is 14.2 Å². The summed E-state index contributed by atoms with van der Waals surface area (Å²) in [6.45, 7) is 6.72. The van der Waals surface area contributed by atoms with Crippen LogP contribution in [0, 0.1) is 11.5 Å². The van der Waals surface area contributed by atoms with Gasteiger partial charge in [0.05, 0.1) is 6.10 Å². The smallest absolute Gasteiger partial charge is 0.129 e. The van der Waals surface area contributed by atoms with Crippen molar-refractivity contribution in [3.05, 3.63) is 35.2 Å². The summed E-state index contributed by atoms with van der Waals surface area (Å²) in [5, 5.41) is 13.5. The molecule has 0 aliphatic carbocycles. The molecule has 0 saturated carbocycles. The number of hydrogen-bond donors (Lipinski definition) is 1. The van der Waals surface area contributed by atoms with E-state index in [1.165, 1.54) is 10.1 Å². The molecule has 3 heteroatoms. The predicted molar refractivity (Wildman–Crippen MR) is 87.1 cm³/mol. The van der Waals surface area contributed by atoms with Crippen molar-refractivity contribution in [3.8, 4) is 11.5 Å². The molecule has 1 atom stereocenters. The van der Waals surface area contributed by atoms with Crippen LogP contribution < -0.4 is 0 Å². The Morgan fingerprint density at radius 3 is 2.74 bits per heavy atom. The summed E-state index contributed by atoms with van der Waals surface area (Å²) in [6, 6.07) is 8.24. The summed E-state index contributed by atoms with van der Waals surface area (Å²) in [6.07, 6.45) is 1.10. The lowest BCUT2D eigenvalue weighted by molar-refractivity contribution is 0.171. The number of rotatable bonds is 3. The van der Waals surface area contributed by atoms with Crippen LogP contribution in [0.1, 0.15) is 24.5 Å². The molecule has 2 aromatic rings. The first-order valence-corrected chi connectivity index (χ1v) is 11.0. The minimum atomic E-state index is -1.28. The van der Waals surface area contributed by atoms with Crippen molar-refractivity contribution in [3.63, 3.8) is 0 Å². The van der Waals surface area contributed by atoms with Crippen LogP contribution in [0.5, 0.6) is 0 Å². The zero-order valence-electron chi connectivity index (χ0n) is 11.7. The monoisotopic (exact) mass is 288 g/mol. The number of thiophene rings is 1. The minimum Gasteiger partial charge on any atom is -0.388 e. The fourth-order valence-corrected chi connectivity index (χ4v) is 3.61. The summed E-state index contributed by atoms with van der Waals surface area (Å²) in [4.78, 5) is 0. The number of fused-ring (bicyclic) bond motifs is 1. The van der Waals surface area contributed by atoms with E-state index in [-0.39, 0.29) is 0 Å². The van der Waals surface area contributed by atoms with Crippen LogP contribution in [0.2, 0.25) is 19.6 Å². The van der Waals surface area contributed by atoms with Gasteiger partial charge in [-0.15, -0.1) is 22.8 Å². The van der Waals surface area contributed by atoms with Crippen LogP contribution in [-0.2, 0) is 0 Å². The summed E-state index contributed by atoms with van der Waals surface area (Å²) in [5.41, 5.74) is 4.39. The van der Waals surface area contributed by atoms with Crippen molar-refractivity contribution >= 4 is 29.5 Å². The van der Waals surface area contributed by atoms with Gasteiger partial charge < -0.3 is 5.11 Å². The van der Waals surface area contributed by atoms with Crippen molar-refractivity contribution in [1.82, 2.24) is 0 Å². The average molecular weight is 288 g/mol. The Morgan fingerprint density at radius 2 is 2.00 bits per heavy atom. The maximum atomic E-state index is 10.3. The Bertz CT molecular complexity index is 613. The van der Waals surface area contributed by atoms with Gasteiger partial charge in [0.15, 0.2) is 0 Å². The Hall–Kier alpha value is -1.08. The average Bonchev–Trinajstić information content (AvgIpc) is 2.77. The van der Waals surface area contributed by atoms with E-state index in [4.69, 9.17) is 0 Å². The molecule has 1 heterocycles. The molecule has 1 aromatic carbocycles. The van der Waals surface area contributed by atoms with Crippen LogP contribution in [-0.4, -0.2) is 13.2 Å². The molecule has 1 nitrogen and oxygen atoms in total. The maximum absolute atomic E-state index is 10.3. The summed E-state index contributed by atoms with van der Waals surface area (Å²) in [7, 11) is -1.28. The van der Waals surface area contributed by atoms with Crippen molar-refractivity contribution in [2.45, 2.75) is 38.6 Å². The topological polar surface area (TPSA) is 20.2 Å². The molecule has 0 spiro atoms. The molecule has 19 heavy (non-hydrogen) atoms. The molecular weight excluding hydrogens is 268 g/mol. The molecule has 1 aromatic heterocycles. The van der Waals surface area contributed by atoms with Gasteiger partial charge in [0.1, 0.15) is 8.07 Å². The maximum Gasteiger partial charge on any atom is 0.129 e. The van der Waals surface area contributed by atoms with Crippen molar-refractivity contribution in [2.75, 3.05) is 0 Å². The van der Waals surface area contributed by atoms with Crippen molar-refractivity contribution in [1.29, 1.82) is 0 Å². The molecule has 100 valence electrons. The number of benzene rings is 1. The molecule has 0 amide bonds. The molecule has 0 fully saturated rings. The standard InChI is InChI=1S/C16H20OSSi/c1-19(2,3)11-7-6-9-15(17)14-12-18-16-10-5-4-8-13(14)16/h4-5,8,10,12,15,17H,6,9H2,1-3H3. The lowest BCUT2D eigenvalue weighted by Crippen LogP contribution is -2.16. The van der Waals surface area contributed by atoms with Gasteiger partial charge in [0.2, 0.25) is 0 Å². The zero-order valence-corrected chi connectivity index (χ0v) is 13.6. The number of hydrogen-bond acceptors (Lipinski definition) is 2. The Morgan fingerprint density at radius 1 is 1.26 bits per heavy atom. The normalized spacial score (nSPS) is 13.1. The van der Waals surface area contributed by atoms with Gasteiger partial charge >= 0.3 is 0 Å². The molecule has 1 N–H and O–H groups in total. The predicted octanol–water partition coefficient (Wildman–Crippen LogP) is 4.60. The highest BCUT2D eigenvalue weighted by Crippen LogP contribution is 2.31. The molecule has 0 saturated heterocycles. The second-order valence-electron chi connectivity index (χ2n) is 5.79.